The fourth-order valence-corrected chi connectivity index (χ4v) is 1.56. The molecule has 0 fully saturated rings. The first-order valence-corrected chi connectivity index (χ1v) is 8.33. The number of hydrogen-bond donors (Lipinski definition) is 0. The Labute approximate surface area is 122 Å². The van der Waals surface area contributed by atoms with Crippen LogP contribution < -0.4 is 0 Å². The molecule has 19 heavy (non-hydrogen) atoms. The van der Waals surface area contributed by atoms with Crippen LogP contribution in [0.2, 0.25) is 0 Å². The smallest absolute Gasteiger partial charge is 0.0533 e. The summed E-state index contributed by atoms with van der Waals surface area (Å²) in [6, 6.07) is 12.0. The van der Waals surface area contributed by atoms with Gasteiger partial charge >= 0.3 is 0 Å². The lowest BCUT2D eigenvalue weighted by atomic mass is 10.2. The van der Waals surface area contributed by atoms with Crippen LogP contribution in [0.3, 0.4) is 0 Å². The molecule has 0 heteroatoms. The van der Waals surface area contributed by atoms with E-state index in [4.69, 9.17) is 0 Å². The molecule has 0 aromatic heterocycles. The molecule has 1 aromatic carbocycles. The first-order valence-electron chi connectivity index (χ1n) is 8.33. The quantitative estimate of drug-likeness (QED) is 0.455. The van der Waals surface area contributed by atoms with Crippen molar-refractivity contribution in [3.8, 4) is 0 Å². The van der Waals surface area contributed by atoms with Gasteiger partial charge in [-0.05, 0) is 0 Å². The van der Waals surface area contributed by atoms with E-state index in [1.54, 1.807) is 0 Å². The van der Waals surface area contributed by atoms with Crippen LogP contribution in [-0.4, -0.2) is 0 Å². The molecule has 0 unspecified atom stereocenters. The summed E-state index contributed by atoms with van der Waals surface area (Å²) in [5.74, 6) is 0. The molecule has 1 aromatic rings. The van der Waals surface area contributed by atoms with E-state index in [0.29, 0.717) is 0 Å². The highest BCUT2D eigenvalue weighted by Crippen LogP contribution is 2.00. The lowest BCUT2D eigenvalue weighted by molar-refractivity contribution is 0.656. The van der Waals surface area contributed by atoms with Gasteiger partial charge < -0.3 is 0 Å². The van der Waals surface area contributed by atoms with Crippen molar-refractivity contribution in [1.82, 2.24) is 0 Å². The Bertz CT molecular complexity index is 168. The van der Waals surface area contributed by atoms with Crippen LogP contribution in [-0.2, 0) is 0 Å². The average molecular weight is 264 g/mol. The first kappa shape index (κ1) is 20.5. The maximum atomic E-state index is 2.25. The first-order chi connectivity index (χ1) is 9.33. The summed E-state index contributed by atoms with van der Waals surface area (Å²) in [4.78, 5) is 0. The summed E-state index contributed by atoms with van der Waals surface area (Å²) >= 11 is 0. The Kier molecular flexibility index (Phi) is 24.2. The van der Waals surface area contributed by atoms with E-state index in [9.17, 15) is 0 Å². The molecule has 112 valence electrons. The third-order valence-electron chi connectivity index (χ3n) is 2.83. The molecular formula is C19H36. The minimum Gasteiger partial charge on any atom is -0.0654 e. The third kappa shape index (κ3) is 26.7. The highest BCUT2D eigenvalue weighted by Gasteiger charge is 1.80. The number of benzene rings is 1. The van der Waals surface area contributed by atoms with Gasteiger partial charge in [-0.3, -0.25) is 0 Å². The molecule has 0 bridgehead atoms. The summed E-state index contributed by atoms with van der Waals surface area (Å²) in [6.07, 6.45) is 12.5. The molecule has 1 rings (SSSR count). The van der Waals surface area contributed by atoms with Gasteiger partial charge in [-0.1, -0.05) is 122 Å². The van der Waals surface area contributed by atoms with Crippen molar-refractivity contribution < 1.29 is 0 Å². The van der Waals surface area contributed by atoms with E-state index in [0.717, 1.165) is 0 Å². The fraction of sp³-hybridized carbons (Fsp3) is 0.684. The molecule has 0 saturated carbocycles. The molecule has 0 aliphatic heterocycles. The molecule has 0 heterocycles. The minimum absolute atomic E-state index is 1.36. The number of unbranched alkanes of at least 4 members (excludes halogenated alkanes) is 7. The monoisotopic (exact) mass is 264 g/mol. The van der Waals surface area contributed by atoms with Gasteiger partial charge in [0.05, 0.1) is 0 Å². The molecule has 0 nitrogen and oxygen atoms in total. The summed E-state index contributed by atoms with van der Waals surface area (Å²) in [6.45, 7) is 8.95. The second kappa shape index (κ2) is 22.4. The summed E-state index contributed by atoms with van der Waals surface area (Å²) < 4.78 is 0. The zero-order valence-corrected chi connectivity index (χ0v) is 13.8. The molecule has 0 aliphatic carbocycles. The van der Waals surface area contributed by atoms with Crippen molar-refractivity contribution in [3.05, 3.63) is 36.4 Å². The van der Waals surface area contributed by atoms with E-state index in [1.807, 2.05) is 36.4 Å². The van der Waals surface area contributed by atoms with Gasteiger partial charge in [-0.25, -0.2) is 0 Å². The summed E-state index contributed by atoms with van der Waals surface area (Å²) in [7, 11) is 0. The SMILES string of the molecule is CCCCCC.CCCCCCC.c1ccccc1. The molecule has 0 atom stereocenters. The van der Waals surface area contributed by atoms with Crippen molar-refractivity contribution >= 4 is 0 Å². The van der Waals surface area contributed by atoms with Crippen molar-refractivity contribution in [1.29, 1.82) is 0 Å². The van der Waals surface area contributed by atoms with E-state index >= 15 is 0 Å². The fourth-order valence-electron chi connectivity index (χ4n) is 1.56. The van der Waals surface area contributed by atoms with Crippen molar-refractivity contribution in [3.63, 3.8) is 0 Å². The Morgan fingerprint density at radius 1 is 0.368 bits per heavy atom. The van der Waals surface area contributed by atoms with Crippen LogP contribution in [0.15, 0.2) is 36.4 Å². The molecule has 0 N–H and O–H groups in total. The largest absolute Gasteiger partial charge is 0.0654 e. The van der Waals surface area contributed by atoms with Crippen LogP contribution in [0.4, 0.5) is 0 Å². The van der Waals surface area contributed by atoms with Crippen LogP contribution in [0, 0.1) is 0 Å². The molecule has 0 spiro atoms. The van der Waals surface area contributed by atoms with Gasteiger partial charge in [0.15, 0.2) is 0 Å². The Balaban J connectivity index is 0. The van der Waals surface area contributed by atoms with Crippen LogP contribution >= 0.6 is 0 Å². The summed E-state index contributed by atoms with van der Waals surface area (Å²) in [5.41, 5.74) is 0. The van der Waals surface area contributed by atoms with Crippen molar-refractivity contribution in [2.45, 2.75) is 85.5 Å². The zero-order chi connectivity index (χ0) is 14.6. The Morgan fingerprint density at radius 2 is 0.579 bits per heavy atom. The van der Waals surface area contributed by atoms with Gasteiger partial charge in [0, 0.05) is 0 Å². The number of rotatable bonds is 7. The Morgan fingerprint density at radius 3 is 0.789 bits per heavy atom. The highest BCUT2D eigenvalue weighted by molar-refractivity contribution is 4.99. The lowest BCUT2D eigenvalue weighted by Gasteiger charge is -1.90. The van der Waals surface area contributed by atoms with Crippen LogP contribution in [0.25, 0.3) is 0 Å². The lowest BCUT2D eigenvalue weighted by Crippen LogP contribution is -1.70. The second-order valence-corrected chi connectivity index (χ2v) is 4.92. The average Bonchev–Trinajstić information content (AvgIpc) is 2.49. The minimum atomic E-state index is 1.36. The standard InChI is InChI=1S/C7H16.C6H6.C6H14/c1-3-5-7-6-4-2;1-2-4-6-5-3-1;1-3-5-6-4-2/h3-7H2,1-2H3;1-6H;3-6H2,1-2H3. The van der Waals surface area contributed by atoms with Gasteiger partial charge in [0.2, 0.25) is 0 Å². The highest BCUT2D eigenvalue weighted by atomic mass is 13.9. The second-order valence-electron chi connectivity index (χ2n) is 4.92. The van der Waals surface area contributed by atoms with Gasteiger partial charge in [0.25, 0.3) is 0 Å². The molecule has 0 amide bonds. The maximum absolute atomic E-state index is 2.25. The van der Waals surface area contributed by atoms with Crippen LogP contribution in [0.1, 0.15) is 85.5 Å². The van der Waals surface area contributed by atoms with Crippen molar-refractivity contribution in [2.75, 3.05) is 0 Å². The normalized spacial score (nSPS) is 8.84. The topological polar surface area (TPSA) is 0 Å². The number of hydrogen-bond acceptors (Lipinski definition) is 0. The van der Waals surface area contributed by atoms with Gasteiger partial charge in [-0.15, -0.1) is 0 Å². The van der Waals surface area contributed by atoms with E-state index in [2.05, 4.69) is 27.7 Å². The van der Waals surface area contributed by atoms with E-state index in [1.165, 1.54) is 57.8 Å². The van der Waals surface area contributed by atoms with Gasteiger partial charge in [-0.2, -0.15) is 0 Å². The maximum Gasteiger partial charge on any atom is -0.0533 e. The molecule has 0 aliphatic rings. The Hall–Kier alpha value is -0.780. The third-order valence-corrected chi connectivity index (χ3v) is 2.83. The predicted octanol–water partition coefficient (Wildman–Crippen LogP) is 7.25. The van der Waals surface area contributed by atoms with E-state index in [-0.39, 0.29) is 0 Å². The molecule has 0 saturated heterocycles. The zero-order valence-electron chi connectivity index (χ0n) is 13.8. The van der Waals surface area contributed by atoms with Gasteiger partial charge in [0.1, 0.15) is 0 Å². The predicted molar refractivity (Wildman–Crippen MR) is 90.7 cm³/mol. The molecule has 0 radical (unpaired) electrons. The van der Waals surface area contributed by atoms with E-state index < -0.39 is 0 Å². The summed E-state index contributed by atoms with van der Waals surface area (Å²) in [5, 5.41) is 0. The molecular weight excluding hydrogens is 228 g/mol. The van der Waals surface area contributed by atoms with Crippen LogP contribution in [0.5, 0.6) is 0 Å². The van der Waals surface area contributed by atoms with Crippen molar-refractivity contribution in [2.24, 2.45) is 0 Å².